The summed E-state index contributed by atoms with van der Waals surface area (Å²) in [4.78, 5) is 0. The van der Waals surface area contributed by atoms with Crippen LogP contribution in [-0.4, -0.2) is 22.4 Å². The Kier molecular flexibility index (Phi) is 5.58. The van der Waals surface area contributed by atoms with E-state index in [2.05, 4.69) is 18.3 Å². The number of para-hydroxylation sites is 1. The number of fused-ring (bicyclic) bond motifs is 1. The highest BCUT2D eigenvalue weighted by molar-refractivity contribution is 8.00. The molecular weight excluding hydrogens is 297 g/mol. The van der Waals surface area contributed by atoms with Gasteiger partial charge in [0.1, 0.15) is 0 Å². The van der Waals surface area contributed by atoms with Gasteiger partial charge >= 0.3 is 5.51 Å². The van der Waals surface area contributed by atoms with Crippen molar-refractivity contribution in [2.75, 3.05) is 12.3 Å². The van der Waals surface area contributed by atoms with Crippen LogP contribution < -0.4 is 5.32 Å². The minimum absolute atomic E-state index is 0.0307. The molecule has 2 aromatic rings. The van der Waals surface area contributed by atoms with Gasteiger partial charge in [0.25, 0.3) is 0 Å². The third-order valence-electron chi connectivity index (χ3n) is 3.21. The fourth-order valence-corrected chi connectivity index (χ4v) is 2.83. The first kappa shape index (κ1) is 16.2. The number of rotatable bonds is 7. The van der Waals surface area contributed by atoms with Crippen LogP contribution in [0.3, 0.4) is 0 Å². The van der Waals surface area contributed by atoms with Gasteiger partial charge in [-0.3, -0.25) is 0 Å². The Labute approximate surface area is 126 Å². The molecule has 0 aliphatic rings. The van der Waals surface area contributed by atoms with E-state index in [1.807, 2.05) is 28.8 Å². The lowest BCUT2D eigenvalue weighted by atomic mass is 10.2. The zero-order valence-electron chi connectivity index (χ0n) is 11.9. The van der Waals surface area contributed by atoms with Crippen molar-refractivity contribution in [3.63, 3.8) is 0 Å². The van der Waals surface area contributed by atoms with Gasteiger partial charge in [-0.15, -0.1) is 0 Å². The van der Waals surface area contributed by atoms with Gasteiger partial charge in [-0.1, -0.05) is 25.1 Å². The summed E-state index contributed by atoms with van der Waals surface area (Å²) in [5.74, 6) is 0.0307. The van der Waals surface area contributed by atoms with E-state index in [9.17, 15) is 13.2 Å². The smallest absolute Gasteiger partial charge is 0.342 e. The van der Waals surface area contributed by atoms with Gasteiger partial charge in [0.05, 0.1) is 0 Å². The zero-order chi connectivity index (χ0) is 15.3. The van der Waals surface area contributed by atoms with Crippen molar-refractivity contribution in [2.45, 2.75) is 31.9 Å². The highest BCUT2D eigenvalue weighted by Gasteiger charge is 2.27. The summed E-state index contributed by atoms with van der Waals surface area (Å²) in [6.45, 7) is 4.03. The standard InChI is InChI=1S/C15H19F3N2S/c1-2-7-19-11-13-10-12-5-3-4-6-14(12)20(13)8-9-21-15(16,17)18/h3-6,10,19H,2,7-9,11H2,1H3. The average Bonchev–Trinajstić information content (AvgIpc) is 2.76. The number of halogens is 3. The molecule has 6 heteroatoms. The van der Waals surface area contributed by atoms with Gasteiger partial charge in [0, 0.05) is 30.1 Å². The fourth-order valence-electron chi connectivity index (χ4n) is 2.32. The molecule has 1 aromatic carbocycles. The molecule has 1 heterocycles. The van der Waals surface area contributed by atoms with Crippen LogP contribution >= 0.6 is 11.8 Å². The van der Waals surface area contributed by atoms with E-state index in [1.54, 1.807) is 0 Å². The van der Waals surface area contributed by atoms with Crippen LogP contribution in [0.25, 0.3) is 10.9 Å². The molecule has 1 aromatic heterocycles. The molecule has 2 nitrogen and oxygen atoms in total. The number of aromatic nitrogens is 1. The van der Waals surface area contributed by atoms with Gasteiger partial charge in [-0.25, -0.2) is 0 Å². The first-order chi connectivity index (χ1) is 10.0. The molecule has 0 aliphatic heterocycles. The van der Waals surface area contributed by atoms with Gasteiger partial charge in [0.15, 0.2) is 0 Å². The van der Waals surface area contributed by atoms with Crippen LogP contribution in [0, 0.1) is 0 Å². The number of thioether (sulfide) groups is 1. The van der Waals surface area contributed by atoms with E-state index in [4.69, 9.17) is 0 Å². The quantitative estimate of drug-likeness (QED) is 0.763. The lowest BCUT2D eigenvalue weighted by Gasteiger charge is -2.12. The summed E-state index contributed by atoms with van der Waals surface area (Å²) >= 11 is 0.0362. The first-order valence-electron chi connectivity index (χ1n) is 7.00. The third kappa shape index (κ3) is 4.68. The molecule has 0 saturated heterocycles. The summed E-state index contributed by atoms with van der Waals surface area (Å²) in [6, 6.07) is 9.86. The van der Waals surface area contributed by atoms with Gasteiger partial charge in [-0.05, 0) is 42.2 Å². The Bertz CT molecular complexity index is 578. The number of alkyl halides is 3. The first-order valence-corrected chi connectivity index (χ1v) is 7.98. The molecule has 1 N–H and O–H groups in total. The third-order valence-corrected chi connectivity index (χ3v) is 3.92. The highest BCUT2D eigenvalue weighted by Crippen LogP contribution is 2.30. The van der Waals surface area contributed by atoms with Crippen LogP contribution in [0.5, 0.6) is 0 Å². The molecule has 0 bridgehead atoms. The maximum Gasteiger partial charge on any atom is 0.441 e. The van der Waals surface area contributed by atoms with E-state index in [0.717, 1.165) is 29.6 Å². The molecule has 0 unspecified atom stereocenters. The predicted molar refractivity (Wildman–Crippen MR) is 82.4 cm³/mol. The number of nitrogens with one attached hydrogen (secondary N) is 1. The van der Waals surface area contributed by atoms with Crippen molar-refractivity contribution in [1.82, 2.24) is 9.88 Å². The fraction of sp³-hybridized carbons (Fsp3) is 0.467. The molecule has 0 saturated carbocycles. The van der Waals surface area contributed by atoms with Crippen LogP contribution in [-0.2, 0) is 13.1 Å². The Morgan fingerprint density at radius 1 is 1.24 bits per heavy atom. The van der Waals surface area contributed by atoms with Crippen molar-refractivity contribution in [3.8, 4) is 0 Å². The minimum atomic E-state index is -4.16. The van der Waals surface area contributed by atoms with Crippen LogP contribution in [0.1, 0.15) is 19.0 Å². The number of hydrogen-bond acceptors (Lipinski definition) is 2. The second-order valence-electron chi connectivity index (χ2n) is 4.82. The SMILES string of the molecule is CCCNCc1cc2ccccc2n1CCSC(F)(F)F. The summed E-state index contributed by atoms with van der Waals surface area (Å²) < 4.78 is 38.8. The topological polar surface area (TPSA) is 17.0 Å². The Hall–Kier alpha value is -1.14. The van der Waals surface area contributed by atoms with Crippen molar-refractivity contribution in [2.24, 2.45) is 0 Å². The monoisotopic (exact) mass is 316 g/mol. The van der Waals surface area contributed by atoms with E-state index >= 15 is 0 Å². The minimum Gasteiger partial charge on any atom is -0.342 e. The maximum absolute atomic E-state index is 12.3. The van der Waals surface area contributed by atoms with Gasteiger partial charge in [0.2, 0.25) is 0 Å². The largest absolute Gasteiger partial charge is 0.441 e. The molecule has 2 rings (SSSR count). The van der Waals surface area contributed by atoms with Crippen molar-refractivity contribution in [3.05, 3.63) is 36.0 Å². The Morgan fingerprint density at radius 2 is 2.00 bits per heavy atom. The van der Waals surface area contributed by atoms with E-state index < -0.39 is 5.51 Å². The van der Waals surface area contributed by atoms with Crippen molar-refractivity contribution >= 4 is 22.7 Å². The predicted octanol–water partition coefficient (Wildman–Crippen LogP) is 4.39. The Balaban J connectivity index is 2.15. The molecule has 0 amide bonds. The van der Waals surface area contributed by atoms with Crippen LogP contribution in [0.2, 0.25) is 0 Å². The zero-order valence-corrected chi connectivity index (χ0v) is 12.7. The second-order valence-corrected chi connectivity index (χ2v) is 5.98. The number of aryl methyl sites for hydroxylation is 1. The van der Waals surface area contributed by atoms with Gasteiger partial charge in [-0.2, -0.15) is 13.2 Å². The van der Waals surface area contributed by atoms with Crippen LogP contribution in [0.4, 0.5) is 13.2 Å². The van der Waals surface area contributed by atoms with E-state index in [-0.39, 0.29) is 17.5 Å². The van der Waals surface area contributed by atoms with Crippen LogP contribution in [0.15, 0.2) is 30.3 Å². The molecule has 21 heavy (non-hydrogen) atoms. The molecule has 0 aliphatic carbocycles. The van der Waals surface area contributed by atoms with E-state index in [1.165, 1.54) is 0 Å². The molecular formula is C15H19F3N2S. The molecule has 0 spiro atoms. The summed E-state index contributed by atoms with van der Waals surface area (Å²) in [5, 5.41) is 4.38. The molecule has 0 radical (unpaired) electrons. The second kappa shape index (κ2) is 7.22. The summed E-state index contributed by atoms with van der Waals surface area (Å²) in [7, 11) is 0. The highest BCUT2D eigenvalue weighted by atomic mass is 32.2. The van der Waals surface area contributed by atoms with Crippen molar-refractivity contribution < 1.29 is 13.2 Å². The number of benzene rings is 1. The summed E-state index contributed by atoms with van der Waals surface area (Å²) in [5.41, 5.74) is -2.13. The molecule has 116 valence electrons. The lowest BCUT2D eigenvalue weighted by Crippen LogP contribution is -2.17. The number of hydrogen-bond donors (Lipinski definition) is 1. The number of nitrogens with zero attached hydrogens (tertiary/aromatic N) is 1. The lowest BCUT2D eigenvalue weighted by molar-refractivity contribution is -0.0328. The molecule has 0 atom stereocenters. The average molecular weight is 316 g/mol. The van der Waals surface area contributed by atoms with Gasteiger partial charge < -0.3 is 9.88 Å². The summed E-state index contributed by atoms with van der Waals surface area (Å²) in [6.07, 6.45) is 1.03. The normalized spacial score (nSPS) is 12.2. The Morgan fingerprint density at radius 3 is 2.71 bits per heavy atom. The molecule has 0 fully saturated rings. The van der Waals surface area contributed by atoms with Crippen molar-refractivity contribution in [1.29, 1.82) is 0 Å². The van der Waals surface area contributed by atoms with E-state index in [0.29, 0.717) is 13.1 Å². The maximum atomic E-state index is 12.3.